The van der Waals surface area contributed by atoms with E-state index in [1.54, 1.807) is 0 Å². The molecule has 12 heavy (non-hydrogen) atoms. The lowest BCUT2D eigenvalue weighted by Crippen LogP contribution is -2.36. The van der Waals surface area contributed by atoms with Gasteiger partial charge in [0.2, 0.25) is 0 Å². The van der Waals surface area contributed by atoms with Gasteiger partial charge < -0.3 is 5.32 Å². The number of hydrogen-bond donors (Lipinski definition) is 1. The normalized spacial score (nSPS) is 22.0. The van der Waals surface area contributed by atoms with Crippen LogP contribution in [0.5, 0.6) is 0 Å². The minimum absolute atomic E-state index is 0.0226. The van der Waals surface area contributed by atoms with Crippen LogP contribution in [0.2, 0.25) is 0 Å². The lowest BCUT2D eigenvalue weighted by atomic mass is 10.0. The summed E-state index contributed by atoms with van der Waals surface area (Å²) in [6, 6.07) is 0.841. The van der Waals surface area contributed by atoms with Gasteiger partial charge in [0.05, 0.1) is 17.9 Å². The number of rotatable bonds is 1. The molecule has 1 aliphatic rings. The minimum atomic E-state index is -0.629. The summed E-state index contributed by atoms with van der Waals surface area (Å²) in [6.07, 6.45) is 1.91. The predicted octanol–water partition coefficient (Wildman–Crippen LogP) is 1.39. The lowest BCUT2D eigenvalue weighted by Gasteiger charge is -2.26. The molecule has 0 aliphatic carbocycles. The van der Waals surface area contributed by atoms with Crippen LogP contribution in [-0.4, -0.2) is 11.5 Å². The van der Waals surface area contributed by atoms with E-state index in [0.29, 0.717) is 5.69 Å². The summed E-state index contributed by atoms with van der Waals surface area (Å²) < 4.78 is 25.4. The molecule has 2 nitrogen and oxygen atoms in total. The summed E-state index contributed by atoms with van der Waals surface area (Å²) in [6.45, 7) is 0.878. The van der Waals surface area contributed by atoms with E-state index in [2.05, 4.69) is 10.3 Å². The van der Waals surface area contributed by atoms with Gasteiger partial charge in [0.1, 0.15) is 11.6 Å². The van der Waals surface area contributed by atoms with Crippen molar-refractivity contribution in [3.05, 3.63) is 29.6 Å². The van der Waals surface area contributed by atoms with Crippen LogP contribution in [0.3, 0.4) is 0 Å². The molecule has 4 heteroatoms. The van der Waals surface area contributed by atoms with Crippen molar-refractivity contribution in [3.63, 3.8) is 0 Å². The van der Waals surface area contributed by atoms with Gasteiger partial charge >= 0.3 is 0 Å². The molecular weight excluding hydrogens is 162 g/mol. The van der Waals surface area contributed by atoms with Crippen molar-refractivity contribution < 1.29 is 8.78 Å². The fraction of sp³-hybridized carbons (Fsp3) is 0.375. The largest absolute Gasteiger partial charge is 0.308 e. The van der Waals surface area contributed by atoms with Crippen LogP contribution in [0, 0.1) is 11.6 Å². The van der Waals surface area contributed by atoms with Crippen LogP contribution in [0.25, 0.3) is 0 Å². The van der Waals surface area contributed by atoms with E-state index < -0.39 is 11.6 Å². The van der Waals surface area contributed by atoms with Crippen LogP contribution in [0.15, 0.2) is 12.3 Å². The van der Waals surface area contributed by atoms with Crippen LogP contribution < -0.4 is 5.32 Å². The van der Waals surface area contributed by atoms with E-state index in [0.717, 1.165) is 25.2 Å². The van der Waals surface area contributed by atoms with Gasteiger partial charge in [-0.3, -0.25) is 4.98 Å². The summed E-state index contributed by atoms with van der Waals surface area (Å²) in [5.74, 6) is -1.19. The Morgan fingerprint density at radius 1 is 1.50 bits per heavy atom. The summed E-state index contributed by atoms with van der Waals surface area (Å²) in [4.78, 5) is 3.69. The topological polar surface area (TPSA) is 24.9 Å². The quantitative estimate of drug-likeness (QED) is 0.689. The molecule has 0 bridgehead atoms. The Hall–Kier alpha value is -1.03. The summed E-state index contributed by atoms with van der Waals surface area (Å²) >= 11 is 0. The number of aromatic nitrogens is 1. The van der Waals surface area contributed by atoms with Crippen molar-refractivity contribution >= 4 is 0 Å². The Morgan fingerprint density at radius 2 is 2.25 bits per heavy atom. The highest BCUT2D eigenvalue weighted by molar-refractivity contribution is 5.14. The Kier molecular flexibility index (Phi) is 1.77. The molecule has 1 fully saturated rings. The van der Waals surface area contributed by atoms with Crippen LogP contribution >= 0.6 is 0 Å². The summed E-state index contributed by atoms with van der Waals surface area (Å²) in [5.41, 5.74) is 0.322. The fourth-order valence-electron chi connectivity index (χ4n) is 1.20. The zero-order valence-corrected chi connectivity index (χ0v) is 6.35. The second kappa shape index (κ2) is 2.79. The smallest absolute Gasteiger partial charge is 0.149 e. The van der Waals surface area contributed by atoms with E-state index in [1.807, 2.05) is 0 Å². The molecule has 1 atom stereocenters. The highest BCUT2D eigenvalue weighted by Crippen LogP contribution is 2.23. The zero-order valence-electron chi connectivity index (χ0n) is 6.35. The number of halogens is 2. The first-order chi connectivity index (χ1) is 5.77. The second-order valence-corrected chi connectivity index (χ2v) is 2.82. The van der Waals surface area contributed by atoms with Crippen LogP contribution in [0.4, 0.5) is 8.78 Å². The predicted molar refractivity (Wildman–Crippen MR) is 39.5 cm³/mol. The number of pyridine rings is 1. The van der Waals surface area contributed by atoms with E-state index in [1.165, 1.54) is 0 Å². The monoisotopic (exact) mass is 170 g/mol. The average molecular weight is 170 g/mol. The standard InChI is InChI=1S/C8H8F2N2/c9-5-3-6(10)8(12-4-5)7-1-2-11-7/h3-4,7,11H,1-2H2. The second-order valence-electron chi connectivity index (χ2n) is 2.82. The minimum Gasteiger partial charge on any atom is -0.308 e. The number of hydrogen-bond acceptors (Lipinski definition) is 2. The van der Waals surface area contributed by atoms with Gasteiger partial charge in [-0.15, -0.1) is 0 Å². The first-order valence-corrected chi connectivity index (χ1v) is 3.81. The lowest BCUT2D eigenvalue weighted by molar-refractivity contribution is 0.359. The Balaban J connectivity index is 2.31. The van der Waals surface area contributed by atoms with Crippen molar-refractivity contribution in [2.75, 3.05) is 6.54 Å². The van der Waals surface area contributed by atoms with Crippen LogP contribution in [0.1, 0.15) is 18.2 Å². The fourth-order valence-corrected chi connectivity index (χ4v) is 1.20. The SMILES string of the molecule is Fc1cnc(C2CCN2)c(F)c1. The Bertz CT molecular complexity index is 297. The van der Waals surface area contributed by atoms with Gasteiger partial charge in [-0.1, -0.05) is 0 Å². The van der Waals surface area contributed by atoms with Crippen molar-refractivity contribution in [1.82, 2.24) is 10.3 Å². The van der Waals surface area contributed by atoms with Crippen molar-refractivity contribution in [2.24, 2.45) is 0 Å². The maximum atomic E-state index is 13.0. The molecule has 64 valence electrons. The van der Waals surface area contributed by atoms with Gasteiger partial charge in [-0.25, -0.2) is 8.78 Å². The first kappa shape index (κ1) is 7.61. The number of nitrogens with zero attached hydrogens (tertiary/aromatic N) is 1. The van der Waals surface area contributed by atoms with Gasteiger partial charge in [-0.2, -0.15) is 0 Å². The van der Waals surface area contributed by atoms with Crippen LogP contribution in [-0.2, 0) is 0 Å². The molecule has 1 N–H and O–H groups in total. The highest BCUT2D eigenvalue weighted by Gasteiger charge is 2.23. The Morgan fingerprint density at radius 3 is 2.75 bits per heavy atom. The van der Waals surface area contributed by atoms with E-state index >= 15 is 0 Å². The molecule has 1 aromatic heterocycles. The maximum absolute atomic E-state index is 13.0. The van der Waals surface area contributed by atoms with Crippen molar-refractivity contribution in [1.29, 1.82) is 0 Å². The molecule has 2 rings (SSSR count). The number of nitrogens with one attached hydrogen (secondary N) is 1. The molecule has 1 aromatic rings. The first-order valence-electron chi connectivity index (χ1n) is 3.81. The molecule has 1 saturated heterocycles. The molecule has 0 aromatic carbocycles. The molecule has 1 unspecified atom stereocenters. The van der Waals surface area contributed by atoms with E-state index in [9.17, 15) is 8.78 Å². The molecule has 2 heterocycles. The maximum Gasteiger partial charge on any atom is 0.149 e. The average Bonchev–Trinajstić information content (AvgIpc) is 1.91. The Labute approximate surface area is 68.6 Å². The van der Waals surface area contributed by atoms with Gasteiger partial charge in [0.25, 0.3) is 0 Å². The molecule has 0 amide bonds. The van der Waals surface area contributed by atoms with Crippen molar-refractivity contribution in [3.8, 4) is 0 Å². The van der Waals surface area contributed by atoms with Gasteiger partial charge in [-0.05, 0) is 13.0 Å². The molecule has 0 spiro atoms. The molecular formula is C8H8F2N2. The molecule has 0 radical (unpaired) electrons. The summed E-state index contributed by atoms with van der Waals surface area (Å²) in [7, 11) is 0. The summed E-state index contributed by atoms with van der Waals surface area (Å²) in [5, 5.41) is 3.00. The molecule has 0 saturated carbocycles. The third-order valence-corrected chi connectivity index (χ3v) is 1.99. The van der Waals surface area contributed by atoms with E-state index in [-0.39, 0.29) is 6.04 Å². The third-order valence-electron chi connectivity index (χ3n) is 1.99. The third kappa shape index (κ3) is 1.18. The van der Waals surface area contributed by atoms with Gasteiger partial charge in [0.15, 0.2) is 0 Å². The van der Waals surface area contributed by atoms with Gasteiger partial charge in [0, 0.05) is 6.07 Å². The molecule has 1 aliphatic heterocycles. The van der Waals surface area contributed by atoms with Crippen molar-refractivity contribution in [2.45, 2.75) is 12.5 Å². The highest BCUT2D eigenvalue weighted by atomic mass is 19.1. The zero-order chi connectivity index (χ0) is 8.55. The van der Waals surface area contributed by atoms with E-state index in [4.69, 9.17) is 0 Å².